The summed E-state index contributed by atoms with van der Waals surface area (Å²) < 4.78 is 28.2. The van der Waals surface area contributed by atoms with Crippen LogP contribution in [0.5, 0.6) is 0 Å². The summed E-state index contributed by atoms with van der Waals surface area (Å²) in [4.78, 5) is 24.4. The summed E-state index contributed by atoms with van der Waals surface area (Å²) >= 11 is 0. The monoisotopic (exact) mass is 437 g/mol. The van der Waals surface area contributed by atoms with Crippen molar-refractivity contribution in [2.24, 2.45) is 17.4 Å². The van der Waals surface area contributed by atoms with E-state index >= 15 is 0 Å². The average molecular weight is 437 g/mol. The molecule has 0 aromatic carbocycles. The summed E-state index contributed by atoms with van der Waals surface area (Å²) in [5.41, 5.74) is 9.17. The van der Waals surface area contributed by atoms with Crippen LogP contribution in [0.25, 0.3) is 0 Å². The molecule has 0 aromatic heterocycles. The SMILES string of the molecule is CCN(CCN)S(=O)(=O)N1C[C@H](CCCB(O)O)[C@](NC(=O)[C@H](C)N)(C(=O)O)C1. The number of carbonyl (C=O) groups is 2. The first-order valence-electron chi connectivity index (χ1n) is 9.54. The summed E-state index contributed by atoms with van der Waals surface area (Å²) in [6, 6.07) is -0.985. The molecular weight excluding hydrogens is 405 g/mol. The Bertz CT molecular complexity index is 678. The lowest BCUT2D eigenvalue weighted by molar-refractivity contribution is -0.149. The van der Waals surface area contributed by atoms with E-state index in [9.17, 15) is 23.1 Å². The van der Waals surface area contributed by atoms with Gasteiger partial charge in [0.2, 0.25) is 5.91 Å². The Morgan fingerprint density at radius 1 is 1.41 bits per heavy atom. The third-order valence-corrected chi connectivity index (χ3v) is 7.11. The van der Waals surface area contributed by atoms with Gasteiger partial charge in [0.15, 0.2) is 5.54 Å². The summed E-state index contributed by atoms with van der Waals surface area (Å²) in [7, 11) is -5.57. The first kappa shape index (κ1) is 25.8. The van der Waals surface area contributed by atoms with Crippen molar-refractivity contribution in [1.82, 2.24) is 13.9 Å². The Balaban J connectivity index is 3.26. The molecule has 0 aromatic rings. The zero-order valence-corrected chi connectivity index (χ0v) is 17.6. The first-order chi connectivity index (χ1) is 13.4. The van der Waals surface area contributed by atoms with Gasteiger partial charge in [-0.05, 0) is 19.7 Å². The normalized spacial score (nSPS) is 23.9. The predicted molar refractivity (Wildman–Crippen MR) is 107 cm³/mol. The minimum Gasteiger partial charge on any atom is -0.479 e. The molecule has 0 unspecified atom stereocenters. The highest BCUT2D eigenvalue weighted by molar-refractivity contribution is 7.86. The average Bonchev–Trinajstić information content (AvgIpc) is 2.99. The Kier molecular flexibility index (Phi) is 9.46. The number of carbonyl (C=O) groups excluding carboxylic acids is 1. The topological polar surface area (TPSA) is 200 Å². The second kappa shape index (κ2) is 10.7. The zero-order valence-electron chi connectivity index (χ0n) is 16.8. The van der Waals surface area contributed by atoms with Crippen LogP contribution in [0.2, 0.25) is 6.32 Å². The molecule has 0 aliphatic carbocycles. The molecule has 0 radical (unpaired) electrons. The molecule has 14 heteroatoms. The summed E-state index contributed by atoms with van der Waals surface area (Å²) in [5, 5.41) is 30.5. The molecule has 8 N–H and O–H groups in total. The van der Waals surface area contributed by atoms with Crippen molar-refractivity contribution in [2.75, 3.05) is 32.7 Å². The molecule has 12 nitrogen and oxygen atoms in total. The largest absolute Gasteiger partial charge is 0.479 e. The van der Waals surface area contributed by atoms with Crippen molar-refractivity contribution < 1.29 is 33.2 Å². The van der Waals surface area contributed by atoms with E-state index in [0.717, 1.165) is 8.61 Å². The van der Waals surface area contributed by atoms with Crippen LogP contribution < -0.4 is 16.8 Å². The summed E-state index contributed by atoms with van der Waals surface area (Å²) in [6.07, 6.45) is 0.395. The maximum absolute atomic E-state index is 13.0. The van der Waals surface area contributed by atoms with Crippen molar-refractivity contribution in [3.63, 3.8) is 0 Å². The van der Waals surface area contributed by atoms with Crippen molar-refractivity contribution in [3.05, 3.63) is 0 Å². The maximum atomic E-state index is 13.0. The number of hydrogen-bond donors (Lipinski definition) is 6. The fraction of sp³-hybridized carbons (Fsp3) is 0.867. The number of aliphatic carboxylic acids is 1. The smallest absolute Gasteiger partial charge is 0.451 e. The van der Waals surface area contributed by atoms with Gasteiger partial charge in [-0.25, -0.2) is 4.79 Å². The van der Waals surface area contributed by atoms with Crippen molar-refractivity contribution in [2.45, 2.75) is 44.6 Å². The molecule has 0 saturated carbocycles. The molecule has 0 spiro atoms. The standard InChI is InChI=1S/C15H32BN5O7S/c1-3-20(8-7-17)29(27,28)21-9-12(5-4-6-16(25)26)15(10-21,14(23)24)19-13(22)11(2)18/h11-12,25-26H,3-10,17-18H2,1-2H3,(H,19,22)(H,23,24)/t11-,12-,15-/m0/s1. The summed E-state index contributed by atoms with van der Waals surface area (Å²) in [5.74, 6) is -2.87. The second-order valence-corrected chi connectivity index (χ2v) is 9.17. The number of nitrogens with zero attached hydrogens (tertiary/aromatic N) is 2. The van der Waals surface area contributed by atoms with E-state index in [0.29, 0.717) is 0 Å². The van der Waals surface area contributed by atoms with Crippen molar-refractivity contribution in [1.29, 1.82) is 0 Å². The minimum atomic E-state index is -4.01. The van der Waals surface area contributed by atoms with E-state index < -0.39 is 53.2 Å². The van der Waals surface area contributed by atoms with Crippen molar-refractivity contribution in [3.8, 4) is 0 Å². The molecule has 3 atom stereocenters. The van der Waals surface area contributed by atoms with Crippen LogP contribution in [0.4, 0.5) is 0 Å². The number of carboxylic acids is 1. The number of likely N-dealkylation sites (N-methyl/N-ethyl adjacent to an activating group) is 1. The fourth-order valence-electron chi connectivity index (χ4n) is 3.45. The number of carboxylic acid groups (broad SMARTS) is 1. The van der Waals surface area contributed by atoms with Gasteiger partial charge in [0.25, 0.3) is 10.2 Å². The van der Waals surface area contributed by atoms with Crippen LogP contribution >= 0.6 is 0 Å². The lowest BCUT2D eigenvalue weighted by Crippen LogP contribution is -2.62. The molecule has 1 aliphatic heterocycles. The van der Waals surface area contributed by atoms with E-state index in [1.54, 1.807) is 6.92 Å². The quantitative estimate of drug-likeness (QED) is 0.172. The van der Waals surface area contributed by atoms with E-state index in [1.165, 1.54) is 6.92 Å². The molecule has 1 rings (SSSR count). The zero-order chi connectivity index (χ0) is 22.4. The van der Waals surface area contributed by atoms with Gasteiger partial charge in [-0.15, -0.1) is 0 Å². The summed E-state index contributed by atoms with van der Waals surface area (Å²) in [6.45, 7) is 2.77. The van der Waals surface area contributed by atoms with Crippen LogP contribution in [0.1, 0.15) is 26.7 Å². The third-order valence-electron chi connectivity index (χ3n) is 5.09. The Hall–Kier alpha value is -1.29. The number of nitrogens with one attached hydrogen (secondary N) is 1. The highest BCUT2D eigenvalue weighted by Gasteiger charge is 2.56. The second-order valence-electron chi connectivity index (χ2n) is 7.24. The number of rotatable bonds is 12. The molecule has 1 saturated heterocycles. The van der Waals surface area contributed by atoms with Crippen LogP contribution in [-0.2, 0) is 19.8 Å². The molecule has 1 fully saturated rings. The van der Waals surface area contributed by atoms with Crippen LogP contribution in [0.15, 0.2) is 0 Å². The van der Waals surface area contributed by atoms with Gasteiger partial charge in [-0.3, -0.25) is 4.79 Å². The Labute approximate surface area is 171 Å². The highest BCUT2D eigenvalue weighted by atomic mass is 32.2. The molecule has 1 heterocycles. The lowest BCUT2D eigenvalue weighted by atomic mass is 9.78. The predicted octanol–water partition coefficient (Wildman–Crippen LogP) is -3.02. The number of amides is 1. The van der Waals surface area contributed by atoms with Crippen LogP contribution in [-0.4, -0.2) is 95.5 Å². The third kappa shape index (κ3) is 6.10. The van der Waals surface area contributed by atoms with E-state index in [1.807, 2.05) is 0 Å². The molecule has 0 bridgehead atoms. The Morgan fingerprint density at radius 3 is 2.48 bits per heavy atom. The van der Waals surface area contributed by atoms with E-state index in [-0.39, 0.29) is 45.3 Å². The van der Waals surface area contributed by atoms with Gasteiger partial charge < -0.3 is 31.9 Å². The Morgan fingerprint density at radius 2 is 2.03 bits per heavy atom. The molecule has 168 valence electrons. The first-order valence-corrected chi connectivity index (χ1v) is 10.9. The maximum Gasteiger partial charge on any atom is 0.451 e. The van der Waals surface area contributed by atoms with Gasteiger partial charge in [-0.2, -0.15) is 17.0 Å². The van der Waals surface area contributed by atoms with Gasteiger partial charge in [-0.1, -0.05) is 13.3 Å². The van der Waals surface area contributed by atoms with Gasteiger partial charge in [0, 0.05) is 38.6 Å². The molecule has 1 aliphatic rings. The lowest BCUT2D eigenvalue weighted by Gasteiger charge is -2.32. The van der Waals surface area contributed by atoms with Crippen LogP contribution in [0, 0.1) is 5.92 Å². The van der Waals surface area contributed by atoms with Gasteiger partial charge >= 0.3 is 13.1 Å². The highest BCUT2D eigenvalue weighted by Crippen LogP contribution is 2.35. The number of nitrogens with two attached hydrogens (primary N) is 2. The molecule has 1 amide bonds. The van der Waals surface area contributed by atoms with Crippen LogP contribution in [0.3, 0.4) is 0 Å². The molecule has 29 heavy (non-hydrogen) atoms. The van der Waals surface area contributed by atoms with Gasteiger partial charge in [0.1, 0.15) is 0 Å². The van der Waals surface area contributed by atoms with Gasteiger partial charge in [0.05, 0.1) is 6.04 Å². The van der Waals surface area contributed by atoms with Crippen molar-refractivity contribution >= 4 is 29.2 Å². The van der Waals surface area contributed by atoms with E-state index in [4.69, 9.17) is 21.5 Å². The number of hydrogen-bond acceptors (Lipinski definition) is 8. The van der Waals surface area contributed by atoms with E-state index in [2.05, 4.69) is 5.32 Å². The molecular formula is C15H32BN5O7S. The fourth-order valence-corrected chi connectivity index (χ4v) is 5.17. The minimum absolute atomic E-state index is 0.00551.